The van der Waals surface area contributed by atoms with Gasteiger partial charge in [0.25, 0.3) is 0 Å². The number of amides is 1. The molecule has 3 heteroatoms. The zero-order valence-electron chi connectivity index (χ0n) is 11.1. The number of aliphatic hydroxyl groups is 1. The van der Waals surface area contributed by atoms with Crippen LogP contribution in [-0.2, 0) is 4.79 Å². The van der Waals surface area contributed by atoms with Gasteiger partial charge in [0.15, 0.2) is 0 Å². The maximum absolute atomic E-state index is 12.2. The lowest BCUT2D eigenvalue weighted by Gasteiger charge is -2.30. The van der Waals surface area contributed by atoms with Crippen LogP contribution >= 0.6 is 0 Å². The van der Waals surface area contributed by atoms with Crippen LogP contribution in [0.2, 0.25) is 0 Å². The summed E-state index contributed by atoms with van der Waals surface area (Å²) in [6, 6.07) is 0.278. The largest absolute Gasteiger partial charge is 0.395 e. The monoisotopic (exact) mass is 239 g/mol. The normalized spacial score (nSPS) is 18.9. The average Bonchev–Trinajstić information content (AvgIpc) is 2.82. The van der Waals surface area contributed by atoms with Gasteiger partial charge < -0.3 is 10.0 Å². The molecule has 0 radical (unpaired) electrons. The molecule has 0 aromatic rings. The highest BCUT2D eigenvalue weighted by molar-refractivity contribution is 5.77. The molecule has 1 N–H and O–H groups in total. The quantitative estimate of drug-likeness (QED) is 0.693. The van der Waals surface area contributed by atoms with Gasteiger partial charge in [-0.3, -0.25) is 4.79 Å². The molecule has 3 nitrogen and oxygen atoms in total. The van der Waals surface area contributed by atoms with Crippen molar-refractivity contribution in [2.75, 3.05) is 13.2 Å². The van der Waals surface area contributed by atoms with Gasteiger partial charge in [-0.1, -0.05) is 26.0 Å². The van der Waals surface area contributed by atoms with Crippen molar-refractivity contribution < 1.29 is 9.90 Å². The van der Waals surface area contributed by atoms with Gasteiger partial charge in [-0.2, -0.15) is 0 Å². The van der Waals surface area contributed by atoms with Crippen LogP contribution in [0.1, 0.15) is 46.0 Å². The predicted octanol–water partition coefficient (Wildman–Crippen LogP) is 2.35. The van der Waals surface area contributed by atoms with Crippen molar-refractivity contribution in [3.63, 3.8) is 0 Å². The third-order valence-electron chi connectivity index (χ3n) is 3.59. The van der Waals surface area contributed by atoms with Gasteiger partial charge in [0.2, 0.25) is 5.91 Å². The Bertz CT molecular complexity index is 259. The van der Waals surface area contributed by atoms with Crippen molar-refractivity contribution in [2.24, 2.45) is 5.92 Å². The van der Waals surface area contributed by atoms with Crippen molar-refractivity contribution >= 4 is 5.91 Å². The molecule has 0 saturated carbocycles. The first-order valence-electron chi connectivity index (χ1n) is 6.79. The fraction of sp³-hybridized carbons (Fsp3) is 0.786. The molecule has 1 aliphatic rings. The van der Waals surface area contributed by atoms with Gasteiger partial charge in [-0.25, -0.2) is 0 Å². The Morgan fingerprint density at radius 1 is 1.47 bits per heavy atom. The molecule has 1 unspecified atom stereocenters. The molecule has 1 amide bonds. The van der Waals surface area contributed by atoms with E-state index in [0.29, 0.717) is 18.9 Å². The van der Waals surface area contributed by atoms with E-state index < -0.39 is 0 Å². The summed E-state index contributed by atoms with van der Waals surface area (Å²) in [5.41, 5.74) is 0. The van der Waals surface area contributed by atoms with E-state index in [2.05, 4.69) is 26.0 Å². The van der Waals surface area contributed by atoms with E-state index in [-0.39, 0.29) is 18.6 Å². The highest BCUT2D eigenvalue weighted by atomic mass is 16.3. The first-order chi connectivity index (χ1) is 8.22. The van der Waals surface area contributed by atoms with Crippen LogP contribution in [0, 0.1) is 5.92 Å². The minimum atomic E-state index is 0.0583. The van der Waals surface area contributed by atoms with E-state index >= 15 is 0 Å². The summed E-state index contributed by atoms with van der Waals surface area (Å²) < 4.78 is 0. The second kappa shape index (κ2) is 7.49. The third-order valence-corrected chi connectivity index (χ3v) is 3.59. The second-order valence-corrected chi connectivity index (χ2v) is 4.75. The fourth-order valence-corrected chi connectivity index (χ4v) is 2.55. The first-order valence-corrected chi connectivity index (χ1v) is 6.79. The summed E-state index contributed by atoms with van der Waals surface area (Å²) in [6.07, 6.45) is 9.04. The summed E-state index contributed by atoms with van der Waals surface area (Å²) in [6.45, 7) is 4.73. The number of allylic oxidation sites excluding steroid dienone is 2. The second-order valence-electron chi connectivity index (χ2n) is 4.75. The number of nitrogens with zero attached hydrogens (tertiary/aromatic N) is 1. The Balaban J connectivity index is 2.55. The SMILES string of the molecule is CCC(CC)N(CCO)C(=O)CC1C=CCC1. The Hall–Kier alpha value is -0.830. The van der Waals surface area contributed by atoms with E-state index in [4.69, 9.17) is 5.11 Å². The van der Waals surface area contributed by atoms with Gasteiger partial charge in [0.1, 0.15) is 0 Å². The molecule has 0 aliphatic heterocycles. The van der Waals surface area contributed by atoms with Gasteiger partial charge in [-0.15, -0.1) is 0 Å². The average molecular weight is 239 g/mol. The van der Waals surface area contributed by atoms with Crippen molar-refractivity contribution in [2.45, 2.75) is 52.0 Å². The minimum absolute atomic E-state index is 0.0583. The molecular formula is C14H25NO2. The summed E-state index contributed by atoms with van der Waals surface area (Å²) in [5.74, 6) is 0.613. The molecule has 0 saturated heterocycles. The van der Waals surface area contributed by atoms with E-state index in [1.165, 1.54) is 0 Å². The summed E-state index contributed by atoms with van der Waals surface area (Å²) in [7, 11) is 0. The minimum Gasteiger partial charge on any atom is -0.395 e. The van der Waals surface area contributed by atoms with Crippen LogP contribution in [0.15, 0.2) is 12.2 Å². The Kier molecular flexibility index (Phi) is 6.27. The van der Waals surface area contributed by atoms with Gasteiger partial charge in [-0.05, 0) is 31.6 Å². The third kappa shape index (κ3) is 4.15. The van der Waals surface area contributed by atoms with E-state index in [1.54, 1.807) is 0 Å². The standard InChI is InChI=1S/C14H25NO2/c1-3-13(4-2)15(9-10-16)14(17)11-12-7-5-6-8-12/h5,7,12-13,16H,3-4,6,8-11H2,1-2H3. The summed E-state index contributed by atoms with van der Waals surface area (Å²) in [4.78, 5) is 14.1. The molecule has 17 heavy (non-hydrogen) atoms. The molecule has 1 atom stereocenters. The highest BCUT2D eigenvalue weighted by Gasteiger charge is 2.23. The lowest BCUT2D eigenvalue weighted by Crippen LogP contribution is -2.42. The van der Waals surface area contributed by atoms with Crippen molar-refractivity contribution in [3.8, 4) is 0 Å². The molecule has 98 valence electrons. The summed E-state index contributed by atoms with van der Waals surface area (Å²) >= 11 is 0. The van der Waals surface area contributed by atoms with E-state index in [0.717, 1.165) is 25.7 Å². The van der Waals surface area contributed by atoms with Crippen molar-refractivity contribution in [3.05, 3.63) is 12.2 Å². The Labute approximate surface area is 105 Å². The molecule has 0 heterocycles. The number of hydrogen-bond donors (Lipinski definition) is 1. The number of hydrogen-bond acceptors (Lipinski definition) is 2. The van der Waals surface area contributed by atoms with Crippen LogP contribution in [0.25, 0.3) is 0 Å². The molecule has 0 spiro atoms. The number of rotatable bonds is 7. The summed E-state index contributed by atoms with van der Waals surface area (Å²) in [5, 5.41) is 9.08. The molecule has 0 aromatic heterocycles. The molecule has 0 bridgehead atoms. The molecule has 0 fully saturated rings. The van der Waals surface area contributed by atoms with Crippen molar-refractivity contribution in [1.29, 1.82) is 0 Å². The molecule has 0 aromatic carbocycles. The zero-order valence-corrected chi connectivity index (χ0v) is 11.1. The fourth-order valence-electron chi connectivity index (χ4n) is 2.55. The maximum Gasteiger partial charge on any atom is 0.223 e. The predicted molar refractivity (Wildman–Crippen MR) is 69.6 cm³/mol. The smallest absolute Gasteiger partial charge is 0.223 e. The van der Waals surface area contributed by atoms with Crippen LogP contribution < -0.4 is 0 Å². The molecule has 1 aliphatic carbocycles. The van der Waals surface area contributed by atoms with Gasteiger partial charge in [0, 0.05) is 19.0 Å². The topological polar surface area (TPSA) is 40.5 Å². The lowest BCUT2D eigenvalue weighted by atomic mass is 10.0. The van der Waals surface area contributed by atoms with Crippen molar-refractivity contribution in [1.82, 2.24) is 4.90 Å². The zero-order chi connectivity index (χ0) is 12.7. The molecule has 1 rings (SSSR count). The van der Waals surface area contributed by atoms with Crippen LogP contribution in [0.3, 0.4) is 0 Å². The first kappa shape index (κ1) is 14.2. The Morgan fingerprint density at radius 3 is 2.65 bits per heavy atom. The number of aliphatic hydroxyl groups excluding tert-OH is 1. The van der Waals surface area contributed by atoms with Crippen LogP contribution in [-0.4, -0.2) is 35.1 Å². The van der Waals surface area contributed by atoms with E-state index in [9.17, 15) is 4.79 Å². The maximum atomic E-state index is 12.2. The Morgan fingerprint density at radius 2 is 2.18 bits per heavy atom. The van der Waals surface area contributed by atoms with Crippen LogP contribution in [0.5, 0.6) is 0 Å². The van der Waals surface area contributed by atoms with Gasteiger partial charge >= 0.3 is 0 Å². The van der Waals surface area contributed by atoms with Crippen LogP contribution in [0.4, 0.5) is 0 Å². The number of carbonyl (C=O) groups excluding carboxylic acids is 1. The van der Waals surface area contributed by atoms with E-state index in [1.807, 2.05) is 4.90 Å². The number of carbonyl (C=O) groups is 1. The molecular weight excluding hydrogens is 214 g/mol. The lowest BCUT2D eigenvalue weighted by molar-refractivity contribution is -0.135. The highest BCUT2D eigenvalue weighted by Crippen LogP contribution is 2.22. The van der Waals surface area contributed by atoms with Gasteiger partial charge in [0.05, 0.1) is 6.61 Å².